The summed E-state index contributed by atoms with van der Waals surface area (Å²) >= 11 is 10.7. The van der Waals surface area contributed by atoms with Crippen LogP contribution in [-0.2, 0) is 0 Å². The fourth-order valence-corrected chi connectivity index (χ4v) is 3.28. The number of carbonyl (C=O) groups is 1. The Labute approximate surface area is 160 Å². The Morgan fingerprint density at radius 2 is 1.88 bits per heavy atom. The molecule has 0 atom stereocenters. The summed E-state index contributed by atoms with van der Waals surface area (Å²) in [6.07, 6.45) is 1.74. The van der Waals surface area contributed by atoms with Gasteiger partial charge in [-0.2, -0.15) is 0 Å². The van der Waals surface area contributed by atoms with Gasteiger partial charge in [0.15, 0.2) is 5.01 Å². The van der Waals surface area contributed by atoms with Crippen molar-refractivity contribution in [2.24, 2.45) is 0 Å². The topological polar surface area (TPSA) is 54.9 Å². The van der Waals surface area contributed by atoms with E-state index in [1.165, 1.54) is 24.3 Å². The molecule has 0 fully saturated rings. The number of nitrogens with one attached hydrogen (secondary N) is 1. The summed E-state index contributed by atoms with van der Waals surface area (Å²) in [6, 6.07) is 13.1. The highest BCUT2D eigenvalue weighted by Crippen LogP contribution is 2.26. The number of benzene rings is 2. The second-order valence-electron chi connectivity index (χ2n) is 4.92. The maximum absolute atomic E-state index is 12.9. The number of anilines is 1. The molecule has 126 valence electrons. The highest BCUT2D eigenvalue weighted by molar-refractivity contribution is 9.10. The first-order valence-corrected chi connectivity index (χ1v) is 9.03. The third-order valence-electron chi connectivity index (χ3n) is 3.07. The molecule has 2 aromatic carbocycles. The lowest BCUT2D eigenvalue weighted by Crippen LogP contribution is -2.11. The average molecular weight is 439 g/mol. The third kappa shape index (κ3) is 4.72. The lowest BCUT2D eigenvalue weighted by molar-refractivity contribution is 0.102. The highest BCUT2D eigenvalue weighted by atomic mass is 79.9. The molecular formula is C17H10BrClFN3OS. The number of nitrogens with zero attached hydrogens (tertiary/aromatic N) is 2. The van der Waals surface area contributed by atoms with E-state index in [0.717, 1.165) is 21.4 Å². The SMILES string of the molecule is O=C(Nc1ccc(F)cc1)c1nnc(/C(Cl)=C/c2cccc(Br)c2)s1. The molecular weight excluding hydrogens is 429 g/mol. The average Bonchev–Trinajstić information content (AvgIpc) is 3.07. The van der Waals surface area contributed by atoms with Crippen molar-refractivity contribution in [2.45, 2.75) is 0 Å². The number of halogens is 3. The fourth-order valence-electron chi connectivity index (χ4n) is 1.93. The maximum atomic E-state index is 12.9. The molecule has 1 heterocycles. The smallest absolute Gasteiger partial charge is 0.286 e. The van der Waals surface area contributed by atoms with Gasteiger partial charge in [0.05, 0.1) is 5.03 Å². The third-order valence-corrected chi connectivity index (χ3v) is 4.92. The second kappa shape index (κ2) is 7.86. The number of aromatic nitrogens is 2. The quantitative estimate of drug-likeness (QED) is 0.591. The molecule has 25 heavy (non-hydrogen) atoms. The maximum Gasteiger partial charge on any atom is 0.286 e. The van der Waals surface area contributed by atoms with Crippen molar-refractivity contribution in [1.82, 2.24) is 10.2 Å². The Balaban J connectivity index is 1.75. The number of amides is 1. The van der Waals surface area contributed by atoms with Crippen molar-refractivity contribution in [3.63, 3.8) is 0 Å². The molecule has 1 aromatic heterocycles. The van der Waals surface area contributed by atoms with Crippen molar-refractivity contribution < 1.29 is 9.18 Å². The summed E-state index contributed by atoms with van der Waals surface area (Å²) in [4.78, 5) is 12.2. The molecule has 3 aromatic rings. The lowest BCUT2D eigenvalue weighted by atomic mass is 10.2. The summed E-state index contributed by atoms with van der Waals surface area (Å²) in [5.74, 6) is -0.803. The van der Waals surface area contributed by atoms with E-state index in [9.17, 15) is 9.18 Å². The normalized spacial score (nSPS) is 11.4. The molecule has 0 spiro atoms. The van der Waals surface area contributed by atoms with Crippen LogP contribution in [0.15, 0.2) is 53.0 Å². The van der Waals surface area contributed by atoms with Gasteiger partial charge in [-0.1, -0.05) is 51.0 Å². The summed E-state index contributed by atoms with van der Waals surface area (Å²) in [5.41, 5.74) is 1.37. The zero-order chi connectivity index (χ0) is 17.8. The molecule has 0 saturated heterocycles. The minimum atomic E-state index is -0.428. The minimum Gasteiger partial charge on any atom is -0.320 e. The summed E-state index contributed by atoms with van der Waals surface area (Å²) in [7, 11) is 0. The zero-order valence-electron chi connectivity index (χ0n) is 12.5. The molecule has 0 aliphatic heterocycles. The molecule has 0 bridgehead atoms. The fraction of sp³-hybridized carbons (Fsp3) is 0. The van der Waals surface area contributed by atoms with Crippen LogP contribution in [0, 0.1) is 5.82 Å². The highest BCUT2D eigenvalue weighted by Gasteiger charge is 2.15. The molecule has 0 aliphatic rings. The minimum absolute atomic E-state index is 0.167. The van der Waals surface area contributed by atoms with E-state index in [2.05, 4.69) is 31.4 Å². The van der Waals surface area contributed by atoms with Crippen molar-refractivity contribution in [2.75, 3.05) is 5.32 Å². The van der Waals surface area contributed by atoms with Crippen LogP contribution >= 0.6 is 38.9 Å². The first-order chi connectivity index (χ1) is 12.0. The summed E-state index contributed by atoms with van der Waals surface area (Å²) in [5, 5.41) is 11.4. The molecule has 1 amide bonds. The van der Waals surface area contributed by atoms with Gasteiger partial charge in [0, 0.05) is 10.2 Å². The van der Waals surface area contributed by atoms with Crippen molar-refractivity contribution in [1.29, 1.82) is 0 Å². The van der Waals surface area contributed by atoms with Gasteiger partial charge in [0.1, 0.15) is 5.82 Å². The van der Waals surface area contributed by atoms with Crippen LogP contribution in [-0.4, -0.2) is 16.1 Å². The van der Waals surface area contributed by atoms with Gasteiger partial charge >= 0.3 is 0 Å². The Hall–Kier alpha value is -2.09. The van der Waals surface area contributed by atoms with E-state index in [4.69, 9.17) is 11.6 Å². The van der Waals surface area contributed by atoms with Gasteiger partial charge in [-0.15, -0.1) is 10.2 Å². The van der Waals surface area contributed by atoms with Gasteiger partial charge in [-0.3, -0.25) is 4.79 Å². The molecule has 8 heteroatoms. The van der Waals surface area contributed by atoms with Crippen molar-refractivity contribution in [3.05, 3.63) is 74.4 Å². The van der Waals surface area contributed by atoms with Crippen molar-refractivity contribution >= 4 is 61.6 Å². The van der Waals surface area contributed by atoms with E-state index < -0.39 is 5.91 Å². The zero-order valence-corrected chi connectivity index (χ0v) is 15.7. The Bertz CT molecular complexity index is 943. The van der Waals surface area contributed by atoms with Gasteiger partial charge in [-0.05, 0) is 48.0 Å². The molecule has 0 radical (unpaired) electrons. The number of hydrogen-bond donors (Lipinski definition) is 1. The molecule has 3 rings (SSSR count). The molecule has 0 saturated carbocycles. The number of hydrogen-bond acceptors (Lipinski definition) is 4. The first-order valence-electron chi connectivity index (χ1n) is 7.05. The Morgan fingerprint density at radius 3 is 2.60 bits per heavy atom. The lowest BCUT2D eigenvalue weighted by Gasteiger charge is -2.01. The van der Waals surface area contributed by atoms with Crippen LogP contribution in [0.5, 0.6) is 0 Å². The van der Waals surface area contributed by atoms with Crippen LogP contribution in [0.25, 0.3) is 11.1 Å². The number of rotatable bonds is 4. The molecule has 0 unspecified atom stereocenters. The molecule has 1 N–H and O–H groups in total. The van der Waals surface area contributed by atoms with E-state index in [-0.39, 0.29) is 10.8 Å². The van der Waals surface area contributed by atoms with Gasteiger partial charge in [0.25, 0.3) is 5.91 Å². The van der Waals surface area contributed by atoms with Crippen LogP contribution in [0.1, 0.15) is 20.4 Å². The second-order valence-corrected chi connectivity index (χ2v) is 7.22. The Kier molecular flexibility index (Phi) is 5.57. The van der Waals surface area contributed by atoms with Gasteiger partial charge in [0.2, 0.25) is 5.01 Å². The van der Waals surface area contributed by atoms with E-state index in [1.807, 2.05) is 24.3 Å². The van der Waals surface area contributed by atoms with E-state index >= 15 is 0 Å². The van der Waals surface area contributed by atoms with Crippen LogP contribution < -0.4 is 5.32 Å². The summed E-state index contributed by atoms with van der Waals surface area (Å²) in [6.45, 7) is 0. The van der Waals surface area contributed by atoms with Crippen molar-refractivity contribution in [3.8, 4) is 0 Å². The molecule has 4 nitrogen and oxygen atoms in total. The number of carbonyl (C=O) groups excluding carboxylic acids is 1. The molecule has 0 aliphatic carbocycles. The first kappa shape index (κ1) is 17.7. The van der Waals surface area contributed by atoms with E-state index in [1.54, 1.807) is 6.08 Å². The predicted octanol–water partition coefficient (Wildman–Crippen LogP) is 5.43. The van der Waals surface area contributed by atoms with Crippen LogP contribution in [0.2, 0.25) is 0 Å². The standard InChI is InChI=1S/C17H10BrClFN3OS/c18-11-3-1-2-10(8-11)9-14(19)16-22-23-17(25-16)15(24)21-13-6-4-12(20)5-7-13/h1-9H,(H,21,24)/b14-9-. The Morgan fingerprint density at radius 1 is 1.16 bits per heavy atom. The van der Waals surface area contributed by atoms with Crippen LogP contribution in [0.4, 0.5) is 10.1 Å². The largest absolute Gasteiger partial charge is 0.320 e. The van der Waals surface area contributed by atoms with E-state index in [0.29, 0.717) is 15.7 Å². The predicted molar refractivity (Wildman–Crippen MR) is 102 cm³/mol. The monoisotopic (exact) mass is 437 g/mol. The summed E-state index contributed by atoms with van der Waals surface area (Å²) < 4.78 is 13.8. The van der Waals surface area contributed by atoms with Crippen LogP contribution in [0.3, 0.4) is 0 Å². The van der Waals surface area contributed by atoms with Gasteiger partial charge in [-0.25, -0.2) is 4.39 Å². The van der Waals surface area contributed by atoms with Gasteiger partial charge < -0.3 is 5.32 Å².